The van der Waals surface area contributed by atoms with Gasteiger partial charge in [0.05, 0.1) is 34.1 Å². The Kier molecular flexibility index (Phi) is 8.23. The van der Waals surface area contributed by atoms with E-state index in [2.05, 4.69) is 47.4 Å². The monoisotopic (exact) mass is 580 g/mol. The lowest BCUT2D eigenvalue weighted by molar-refractivity contribution is 0.414. The average Bonchev–Trinajstić information content (AvgIpc) is 3.11. The standard InChI is InChI=1S/C38H32N2O4/c1-41-28-14-10-25(11-15-28)32-23-34(31-19-18-30(43-3)22-33(31)35-9-5-6-21-40-35)36(26-12-16-29(42-2)17-13-26)38(44-4)37(32)27-8-7-20-39-24-27/h5-24H,1-4H3. The minimum atomic E-state index is 0.731. The summed E-state index contributed by atoms with van der Waals surface area (Å²) in [5, 5.41) is 0. The van der Waals surface area contributed by atoms with Crippen LogP contribution in [-0.2, 0) is 0 Å². The third-order valence-electron chi connectivity index (χ3n) is 7.67. The van der Waals surface area contributed by atoms with Gasteiger partial charge in [-0.1, -0.05) is 36.4 Å². The van der Waals surface area contributed by atoms with Crippen molar-refractivity contribution in [2.75, 3.05) is 28.4 Å². The average molecular weight is 581 g/mol. The van der Waals surface area contributed by atoms with Crippen molar-refractivity contribution in [1.82, 2.24) is 9.97 Å². The highest BCUT2D eigenvalue weighted by atomic mass is 16.5. The molecule has 2 aromatic heterocycles. The van der Waals surface area contributed by atoms with Crippen LogP contribution < -0.4 is 18.9 Å². The lowest BCUT2D eigenvalue weighted by atomic mass is 9.83. The summed E-state index contributed by atoms with van der Waals surface area (Å²) in [6, 6.07) is 34.4. The van der Waals surface area contributed by atoms with Gasteiger partial charge in [0.2, 0.25) is 0 Å². The van der Waals surface area contributed by atoms with Crippen molar-refractivity contribution in [3.63, 3.8) is 0 Å². The molecular formula is C38H32N2O4. The molecule has 6 heteroatoms. The van der Waals surface area contributed by atoms with Gasteiger partial charge >= 0.3 is 0 Å². The molecule has 0 amide bonds. The van der Waals surface area contributed by atoms with Crippen LogP contribution in [0, 0.1) is 0 Å². The first kappa shape index (κ1) is 28.5. The van der Waals surface area contributed by atoms with Crippen molar-refractivity contribution >= 4 is 0 Å². The van der Waals surface area contributed by atoms with Crippen LogP contribution in [-0.4, -0.2) is 38.4 Å². The summed E-state index contributed by atoms with van der Waals surface area (Å²) in [7, 11) is 6.73. The molecule has 6 aromatic rings. The quantitative estimate of drug-likeness (QED) is 0.170. The van der Waals surface area contributed by atoms with Gasteiger partial charge in [0, 0.05) is 40.8 Å². The number of hydrogen-bond acceptors (Lipinski definition) is 6. The molecule has 0 fully saturated rings. The second-order valence-electron chi connectivity index (χ2n) is 10.1. The van der Waals surface area contributed by atoms with Crippen molar-refractivity contribution in [1.29, 1.82) is 0 Å². The molecule has 6 rings (SSSR count). The molecule has 0 N–H and O–H groups in total. The summed E-state index contributed by atoms with van der Waals surface area (Å²) >= 11 is 0. The lowest BCUT2D eigenvalue weighted by Gasteiger charge is -2.24. The third kappa shape index (κ3) is 5.45. The summed E-state index contributed by atoms with van der Waals surface area (Å²) in [5.41, 5.74) is 9.55. The molecule has 0 spiro atoms. The zero-order valence-corrected chi connectivity index (χ0v) is 25.1. The highest BCUT2D eigenvalue weighted by molar-refractivity contribution is 6.03. The molecule has 44 heavy (non-hydrogen) atoms. The van der Waals surface area contributed by atoms with Gasteiger partial charge < -0.3 is 18.9 Å². The smallest absolute Gasteiger partial charge is 0.135 e. The minimum absolute atomic E-state index is 0.731. The number of nitrogens with zero attached hydrogens (tertiary/aromatic N) is 2. The molecule has 0 atom stereocenters. The van der Waals surface area contributed by atoms with Crippen LogP contribution in [0.15, 0.2) is 122 Å². The van der Waals surface area contributed by atoms with E-state index in [4.69, 9.17) is 23.9 Å². The first-order valence-corrected chi connectivity index (χ1v) is 14.2. The minimum Gasteiger partial charge on any atom is -0.497 e. The van der Waals surface area contributed by atoms with Crippen LogP contribution >= 0.6 is 0 Å². The van der Waals surface area contributed by atoms with E-state index in [0.717, 1.165) is 78.8 Å². The van der Waals surface area contributed by atoms with Crippen LogP contribution in [0.2, 0.25) is 0 Å². The summed E-state index contributed by atoms with van der Waals surface area (Å²) in [6.45, 7) is 0. The summed E-state index contributed by atoms with van der Waals surface area (Å²) in [6.07, 6.45) is 5.45. The van der Waals surface area contributed by atoms with Gasteiger partial charge in [-0.15, -0.1) is 0 Å². The van der Waals surface area contributed by atoms with E-state index in [0.29, 0.717) is 0 Å². The zero-order chi connectivity index (χ0) is 30.5. The summed E-state index contributed by atoms with van der Waals surface area (Å²) in [5.74, 6) is 3.03. The molecular weight excluding hydrogens is 548 g/mol. The van der Waals surface area contributed by atoms with Crippen molar-refractivity contribution < 1.29 is 18.9 Å². The number of methoxy groups -OCH3 is 4. The van der Waals surface area contributed by atoms with Crippen LogP contribution in [0.1, 0.15) is 0 Å². The van der Waals surface area contributed by atoms with Gasteiger partial charge in [0.25, 0.3) is 0 Å². The molecule has 0 aliphatic heterocycles. The van der Waals surface area contributed by atoms with Crippen LogP contribution in [0.4, 0.5) is 0 Å². The fourth-order valence-electron chi connectivity index (χ4n) is 5.53. The second kappa shape index (κ2) is 12.7. The van der Waals surface area contributed by atoms with Gasteiger partial charge in [-0.25, -0.2) is 0 Å². The van der Waals surface area contributed by atoms with E-state index in [-0.39, 0.29) is 0 Å². The number of benzene rings is 4. The lowest BCUT2D eigenvalue weighted by Crippen LogP contribution is -2.00. The topological polar surface area (TPSA) is 62.7 Å². The Balaban J connectivity index is 1.76. The normalized spacial score (nSPS) is 10.7. The molecule has 0 saturated carbocycles. The number of hydrogen-bond donors (Lipinski definition) is 0. The van der Waals surface area contributed by atoms with Crippen molar-refractivity contribution in [2.24, 2.45) is 0 Å². The largest absolute Gasteiger partial charge is 0.497 e. The number of pyridine rings is 2. The van der Waals surface area contributed by atoms with Gasteiger partial charge in [-0.3, -0.25) is 9.97 Å². The highest BCUT2D eigenvalue weighted by Crippen LogP contribution is 2.51. The maximum absolute atomic E-state index is 6.38. The molecule has 6 nitrogen and oxygen atoms in total. The van der Waals surface area contributed by atoms with Crippen LogP contribution in [0.3, 0.4) is 0 Å². The Bertz CT molecular complexity index is 1870. The van der Waals surface area contributed by atoms with Crippen molar-refractivity contribution in [3.8, 4) is 78.8 Å². The Morgan fingerprint density at radius 1 is 0.455 bits per heavy atom. The molecule has 2 heterocycles. The van der Waals surface area contributed by atoms with Crippen molar-refractivity contribution in [3.05, 3.63) is 122 Å². The highest BCUT2D eigenvalue weighted by Gasteiger charge is 2.25. The SMILES string of the molecule is COc1ccc(-c2cc(-c3ccc(OC)cc3-c3ccccn3)c(-c3ccc(OC)cc3)c(OC)c2-c2cccnc2)cc1. The van der Waals surface area contributed by atoms with Crippen LogP contribution in [0.25, 0.3) is 55.8 Å². The molecule has 0 aliphatic carbocycles. The Morgan fingerprint density at radius 2 is 1.11 bits per heavy atom. The molecule has 0 saturated heterocycles. The maximum Gasteiger partial charge on any atom is 0.135 e. The molecule has 0 aliphatic rings. The molecule has 0 bridgehead atoms. The van der Waals surface area contributed by atoms with Crippen molar-refractivity contribution in [2.45, 2.75) is 0 Å². The first-order chi connectivity index (χ1) is 21.6. The molecule has 0 unspecified atom stereocenters. The summed E-state index contributed by atoms with van der Waals surface area (Å²) < 4.78 is 23.0. The van der Waals surface area contributed by atoms with E-state index < -0.39 is 0 Å². The van der Waals surface area contributed by atoms with Gasteiger partial charge in [0.15, 0.2) is 0 Å². The molecule has 0 radical (unpaired) electrons. The van der Waals surface area contributed by atoms with E-state index in [1.165, 1.54) is 0 Å². The predicted molar refractivity (Wildman–Crippen MR) is 175 cm³/mol. The molecule has 4 aromatic carbocycles. The fraction of sp³-hybridized carbons (Fsp3) is 0.105. The summed E-state index contributed by atoms with van der Waals surface area (Å²) in [4.78, 5) is 9.18. The van der Waals surface area contributed by atoms with E-state index in [1.807, 2.05) is 66.9 Å². The number of rotatable bonds is 9. The number of ether oxygens (including phenoxy) is 4. The number of aromatic nitrogens is 2. The Morgan fingerprint density at radius 3 is 1.70 bits per heavy atom. The zero-order valence-electron chi connectivity index (χ0n) is 25.1. The maximum atomic E-state index is 6.38. The Hall–Kier alpha value is -5.62. The second-order valence-corrected chi connectivity index (χ2v) is 10.1. The fourth-order valence-corrected chi connectivity index (χ4v) is 5.53. The molecule has 218 valence electrons. The predicted octanol–water partition coefficient (Wildman–Crippen LogP) is 8.85. The first-order valence-electron chi connectivity index (χ1n) is 14.2. The van der Waals surface area contributed by atoms with Gasteiger partial charge in [0.1, 0.15) is 23.0 Å². The van der Waals surface area contributed by atoms with Gasteiger partial charge in [-0.2, -0.15) is 0 Å². The van der Waals surface area contributed by atoms with Crippen LogP contribution in [0.5, 0.6) is 23.0 Å². The Labute approximate surface area is 257 Å². The van der Waals surface area contributed by atoms with Gasteiger partial charge in [-0.05, 0) is 94.5 Å². The van der Waals surface area contributed by atoms with E-state index in [9.17, 15) is 0 Å². The third-order valence-corrected chi connectivity index (χ3v) is 7.67. The van der Waals surface area contributed by atoms with E-state index in [1.54, 1.807) is 40.8 Å². The van der Waals surface area contributed by atoms with E-state index >= 15 is 0 Å².